The van der Waals surface area contributed by atoms with Crippen LogP contribution in [-0.4, -0.2) is 42.0 Å². The van der Waals surface area contributed by atoms with Gasteiger partial charge >= 0.3 is 5.97 Å². The molecule has 2 aromatic carbocycles. The lowest BCUT2D eigenvalue weighted by Gasteiger charge is -2.31. The van der Waals surface area contributed by atoms with Crippen LogP contribution in [0, 0.1) is 5.41 Å². The summed E-state index contributed by atoms with van der Waals surface area (Å²) in [5.74, 6) is -1.31. The molecule has 2 aromatic rings. The van der Waals surface area contributed by atoms with Crippen molar-refractivity contribution in [2.24, 2.45) is 5.41 Å². The number of nitrogens with zero attached hydrogens (tertiary/aromatic N) is 1. The third-order valence-corrected chi connectivity index (χ3v) is 6.13. The number of hydrogen-bond acceptors (Lipinski definition) is 6. The Kier molecular flexibility index (Phi) is 7.03. The molecule has 0 aliphatic carbocycles. The van der Waals surface area contributed by atoms with E-state index in [9.17, 15) is 19.2 Å². The number of nitrogens with one attached hydrogen (secondary N) is 1. The van der Waals surface area contributed by atoms with Crippen LogP contribution < -0.4 is 10.2 Å². The van der Waals surface area contributed by atoms with Crippen LogP contribution in [0.1, 0.15) is 38.1 Å². The number of carbonyl (C=O) groups is 4. The molecule has 0 saturated carbocycles. The Morgan fingerprint density at radius 1 is 1.09 bits per heavy atom. The molecule has 2 amide bonds. The van der Waals surface area contributed by atoms with Gasteiger partial charge in [0.1, 0.15) is 6.54 Å². The number of Topliss-reactive ketones (excluding diaryl/α,β-unsaturated/α-hetero) is 1. The molecule has 0 unspecified atom stereocenters. The van der Waals surface area contributed by atoms with Gasteiger partial charge in [-0.1, -0.05) is 45.0 Å². The monoisotopic (exact) mass is 454 g/mol. The average molecular weight is 455 g/mol. The number of carbonyl (C=O) groups excluding carboxylic acids is 4. The van der Waals surface area contributed by atoms with E-state index in [1.807, 2.05) is 0 Å². The second-order valence-corrected chi connectivity index (χ2v) is 9.88. The van der Waals surface area contributed by atoms with Gasteiger partial charge in [-0.2, -0.15) is 0 Å². The van der Waals surface area contributed by atoms with Crippen molar-refractivity contribution in [2.45, 2.75) is 37.8 Å². The number of rotatable bonds is 6. The lowest BCUT2D eigenvalue weighted by molar-refractivity contribution is -0.129. The lowest BCUT2D eigenvalue weighted by Crippen LogP contribution is -2.45. The van der Waals surface area contributed by atoms with E-state index in [1.165, 1.54) is 16.7 Å². The molecule has 1 heterocycles. The van der Waals surface area contributed by atoms with Crippen molar-refractivity contribution in [2.75, 3.05) is 23.4 Å². The maximum Gasteiger partial charge on any atom is 0.339 e. The molecule has 1 atom stereocenters. The molecule has 1 aliphatic heterocycles. The number of para-hydroxylation sites is 2. The van der Waals surface area contributed by atoms with Crippen LogP contribution in [0.15, 0.2) is 53.4 Å². The SMILES string of the molecule is C[C@H](Sc1ccccc1C(=O)OCC(=O)C(C)(C)C)C(=O)N1CC(=O)Nc2ccccc21. The Morgan fingerprint density at radius 3 is 2.47 bits per heavy atom. The van der Waals surface area contributed by atoms with Crippen molar-refractivity contribution in [1.29, 1.82) is 0 Å². The van der Waals surface area contributed by atoms with Gasteiger partial charge in [0.15, 0.2) is 12.4 Å². The number of anilines is 2. The molecule has 0 radical (unpaired) electrons. The number of esters is 1. The van der Waals surface area contributed by atoms with Crippen LogP contribution >= 0.6 is 11.8 Å². The molecule has 1 aliphatic rings. The van der Waals surface area contributed by atoms with E-state index in [2.05, 4.69) is 5.32 Å². The zero-order valence-electron chi connectivity index (χ0n) is 18.5. The van der Waals surface area contributed by atoms with Gasteiger partial charge in [-0.05, 0) is 31.2 Å². The molecule has 0 fully saturated rings. The number of fused-ring (bicyclic) bond motifs is 1. The molecule has 0 saturated heterocycles. The quantitative estimate of drug-likeness (QED) is 0.525. The van der Waals surface area contributed by atoms with Crippen LogP contribution in [0.3, 0.4) is 0 Å². The Bertz CT molecular complexity index is 1060. The molecule has 7 nitrogen and oxygen atoms in total. The van der Waals surface area contributed by atoms with Crippen LogP contribution in [-0.2, 0) is 19.1 Å². The van der Waals surface area contributed by atoms with Crippen molar-refractivity contribution in [3.8, 4) is 0 Å². The fourth-order valence-electron chi connectivity index (χ4n) is 3.05. The summed E-state index contributed by atoms with van der Waals surface area (Å²) >= 11 is 1.21. The Hall–Kier alpha value is -3.13. The summed E-state index contributed by atoms with van der Waals surface area (Å²) < 4.78 is 5.23. The van der Waals surface area contributed by atoms with Crippen LogP contribution in [0.5, 0.6) is 0 Å². The third-order valence-electron chi connectivity index (χ3n) is 4.97. The van der Waals surface area contributed by atoms with Crippen molar-refractivity contribution in [3.63, 3.8) is 0 Å². The highest BCUT2D eigenvalue weighted by Gasteiger charge is 2.31. The van der Waals surface area contributed by atoms with E-state index < -0.39 is 16.6 Å². The van der Waals surface area contributed by atoms with Crippen LogP contribution in [0.2, 0.25) is 0 Å². The number of ketones is 1. The maximum atomic E-state index is 13.2. The van der Waals surface area contributed by atoms with Gasteiger partial charge in [0, 0.05) is 10.3 Å². The predicted octanol–water partition coefficient (Wildman–Crippen LogP) is 3.92. The number of benzene rings is 2. The van der Waals surface area contributed by atoms with Gasteiger partial charge in [0.05, 0.1) is 22.2 Å². The summed E-state index contributed by atoms with van der Waals surface area (Å²) in [5.41, 5.74) is 0.905. The van der Waals surface area contributed by atoms with E-state index in [4.69, 9.17) is 4.74 Å². The average Bonchev–Trinajstić information content (AvgIpc) is 2.75. The first-order valence-corrected chi connectivity index (χ1v) is 11.1. The minimum absolute atomic E-state index is 0.0701. The predicted molar refractivity (Wildman–Crippen MR) is 124 cm³/mol. The van der Waals surface area contributed by atoms with E-state index in [0.717, 1.165) is 0 Å². The Balaban J connectivity index is 1.74. The zero-order valence-corrected chi connectivity index (χ0v) is 19.3. The van der Waals surface area contributed by atoms with Crippen LogP contribution in [0.4, 0.5) is 11.4 Å². The minimum atomic E-state index is -0.618. The van der Waals surface area contributed by atoms with E-state index >= 15 is 0 Å². The minimum Gasteiger partial charge on any atom is -0.454 e. The van der Waals surface area contributed by atoms with Gasteiger partial charge < -0.3 is 10.1 Å². The highest BCUT2D eigenvalue weighted by Crippen LogP contribution is 2.33. The van der Waals surface area contributed by atoms with Crippen molar-refractivity contribution < 1.29 is 23.9 Å². The largest absolute Gasteiger partial charge is 0.454 e. The van der Waals surface area contributed by atoms with E-state index in [1.54, 1.807) is 76.2 Å². The molecule has 32 heavy (non-hydrogen) atoms. The second kappa shape index (κ2) is 9.56. The lowest BCUT2D eigenvalue weighted by atomic mass is 9.91. The summed E-state index contributed by atoms with van der Waals surface area (Å²) in [5, 5.41) is 2.19. The molecule has 0 aromatic heterocycles. The third kappa shape index (κ3) is 5.37. The summed E-state index contributed by atoms with van der Waals surface area (Å²) in [6.45, 7) is 6.64. The number of hydrogen-bond donors (Lipinski definition) is 1. The van der Waals surface area contributed by atoms with Gasteiger partial charge in [-0.25, -0.2) is 4.79 Å². The molecular weight excluding hydrogens is 428 g/mol. The Labute approximate surface area is 191 Å². The molecule has 3 rings (SSSR count). The fourth-order valence-corrected chi connectivity index (χ4v) is 4.10. The fraction of sp³-hybridized carbons (Fsp3) is 0.333. The smallest absolute Gasteiger partial charge is 0.339 e. The number of thioether (sulfide) groups is 1. The summed E-state index contributed by atoms with van der Waals surface area (Å²) in [6.07, 6.45) is 0. The molecule has 0 spiro atoms. The van der Waals surface area contributed by atoms with Gasteiger partial charge in [0.2, 0.25) is 11.8 Å². The van der Waals surface area contributed by atoms with Crippen molar-refractivity contribution in [3.05, 3.63) is 54.1 Å². The van der Waals surface area contributed by atoms with Crippen LogP contribution in [0.25, 0.3) is 0 Å². The number of ether oxygens (including phenoxy) is 1. The van der Waals surface area contributed by atoms with Crippen molar-refractivity contribution in [1.82, 2.24) is 0 Å². The molecule has 168 valence electrons. The topological polar surface area (TPSA) is 92.8 Å². The Morgan fingerprint density at radius 2 is 1.75 bits per heavy atom. The first-order chi connectivity index (χ1) is 15.1. The highest BCUT2D eigenvalue weighted by atomic mass is 32.2. The first kappa shape index (κ1) is 23.5. The van der Waals surface area contributed by atoms with E-state index in [0.29, 0.717) is 16.3 Å². The second-order valence-electron chi connectivity index (χ2n) is 8.50. The normalized spacial score (nSPS) is 14.2. The standard InChI is InChI=1S/C24H26N2O5S/c1-15(22(29)26-13-21(28)25-17-10-6-7-11-18(17)26)32-19-12-8-5-9-16(19)23(30)31-14-20(27)24(2,3)4/h5-12,15H,13-14H2,1-4H3,(H,25,28)/t15-/m0/s1. The van der Waals surface area contributed by atoms with Gasteiger partial charge in [-0.3, -0.25) is 19.3 Å². The summed E-state index contributed by atoms with van der Waals surface area (Å²) in [4.78, 5) is 52.0. The van der Waals surface area contributed by atoms with Gasteiger partial charge in [0.25, 0.3) is 0 Å². The molecule has 0 bridgehead atoms. The van der Waals surface area contributed by atoms with Gasteiger partial charge in [-0.15, -0.1) is 11.8 Å². The van der Waals surface area contributed by atoms with E-state index in [-0.39, 0.29) is 36.3 Å². The zero-order chi connectivity index (χ0) is 23.5. The highest BCUT2D eigenvalue weighted by molar-refractivity contribution is 8.00. The summed E-state index contributed by atoms with van der Waals surface area (Å²) in [7, 11) is 0. The summed E-state index contributed by atoms with van der Waals surface area (Å²) in [6, 6.07) is 13.9. The molecule has 1 N–H and O–H groups in total. The molecule has 8 heteroatoms. The number of amides is 2. The van der Waals surface area contributed by atoms with Crippen molar-refractivity contribution >= 4 is 46.7 Å². The maximum absolute atomic E-state index is 13.2. The molecular formula is C24H26N2O5S. The first-order valence-electron chi connectivity index (χ1n) is 10.2.